The van der Waals surface area contributed by atoms with Crippen LogP contribution in [0.3, 0.4) is 0 Å². The number of hydrogen-bond acceptors (Lipinski definition) is 3. The highest BCUT2D eigenvalue weighted by Crippen LogP contribution is 2.25. The van der Waals surface area contributed by atoms with Crippen molar-refractivity contribution in [1.29, 1.82) is 0 Å². The minimum Gasteiger partial charge on any atom is -0.396 e. The number of benzene rings is 2. The fourth-order valence-corrected chi connectivity index (χ4v) is 3.54. The lowest BCUT2D eigenvalue weighted by Crippen LogP contribution is -2.34. The highest BCUT2D eigenvalue weighted by atomic mass is 16.3. The van der Waals surface area contributed by atoms with E-state index in [0.29, 0.717) is 12.5 Å². The van der Waals surface area contributed by atoms with Crippen LogP contribution in [0.2, 0.25) is 0 Å². The summed E-state index contributed by atoms with van der Waals surface area (Å²) in [6, 6.07) is 17.7. The molecule has 3 rings (SSSR count). The number of aryl methyl sites for hydroxylation is 1. The number of para-hydroxylation sites is 1. The average molecular weight is 338 g/mol. The van der Waals surface area contributed by atoms with E-state index >= 15 is 0 Å². The molecule has 3 heteroatoms. The van der Waals surface area contributed by atoms with Crippen LogP contribution in [0.4, 0.5) is 5.69 Å². The van der Waals surface area contributed by atoms with Crippen molar-refractivity contribution in [2.75, 3.05) is 25.0 Å². The molecule has 0 bridgehead atoms. The summed E-state index contributed by atoms with van der Waals surface area (Å²) < 4.78 is 0. The third-order valence-corrected chi connectivity index (χ3v) is 5.33. The molecule has 0 amide bonds. The molecule has 0 saturated carbocycles. The first kappa shape index (κ1) is 18.0. The molecule has 2 aromatic carbocycles. The fourth-order valence-electron chi connectivity index (χ4n) is 3.54. The van der Waals surface area contributed by atoms with E-state index in [1.165, 1.54) is 22.4 Å². The topological polar surface area (TPSA) is 35.5 Å². The van der Waals surface area contributed by atoms with Crippen molar-refractivity contribution in [3.63, 3.8) is 0 Å². The van der Waals surface area contributed by atoms with Crippen molar-refractivity contribution in [3.8, 4) is 0 Å². The van der Waals surface area contributed by atoms with E-state index < -0.39 is 0 Å². The minimum absolute atomic E-state index is 0.280. The Labute approximate surface area is 151 Å². The highest BCUT2D eigenvalue weighted by Gasteiger charge is 2.19. The predicted molar refractivity (Wildman–Crippen MR) is 105 cm³/mol. The summed E-state index contributed by atoms with van der Waals surface area (Å²) >= 11 is 0. The Morgan fingerprint density at radius 1 is 1.08 bits per heavy atom. The molecule has 1 fully saturated rings. The number of likely N-dealkylation sites (tertiary alicyclic amines) is 1. The number of aliphatic hydroxyl groups excluding tert-OH is 1. The molecule has 1 aliphatic heterocycles. The van der Waals surface area contributed by atoms with Gasteiger partial charge in [0.2, 0.25) is 0 Å². The van der Waals surface area contributed by atoms with Crippen molar-refractivity contribution in [2.24, 2.45) is 5.92 Å². The minimum atomic E-state index is 0.280. The third kappa shape index (κ3) is 4.83. The summed E-state index contributed by atoms with van der Waals surface area (Å²) in [5, 5.41) is 13.0. The maximum Gasteiger partial charge on any atom is 0.0485 e. The van der Waals surface area contributed by atoms with E-state index in [4.69, 9.17) is 0 Å². The molecule has 134 valence electrons. The van der Waals surface area contributed by atoms with E-state index in [1.807, 2.05) is 0 Å². The molecule has 0 radical (unpaired) electrons. The molecule has 0 aromatic heterocycles. The average Bonchev–Trinajstić information content (AvgIpc) is 2.64. The van der Waals surface area contributed by atoms with Gasteiger partial charge >= 0.3 is 0 Å². The SMILES string of the molecule is Cc1ccc(C(C)Nc2ccccc2CN2CCC(CO)CC2)cc1. The molecule has 1 atom stereocenters. The Morgan fingerprint density at radius 3 is 2.44 bits per heavy atom. The van der Waals surface area contributed by atoms with E-state index in [0.717, 1.165) is 32.5 Å². The van der Waals surface area contributed by atoms with Gasteiger partial charge in [0, 0.05) is 24.9 Å². The molecular weight excluding hydrogens is 308 g/mol. The van der Waals surface area contributed by atoms with Gasteiger partial charge in [0.15, 0.2) is 0 Å². The van der Waals surface area contributed by atoms with Gasteiger partial charge in [-0.2, -0.15) is 0 Å². The third-order valence-electron chi connectivity index (χ3n) is 5.33. The van der Waals surface area contributed by atoms with Crippen molar-refractivity contribution >= 4 is 5.69 Å². The standard InChI is InChI=1S/C22H30N2O/c1-17-7-9-20(10-8-17)18(2)23-22-6-4-3-5-21(22)15-24-13-11-19(16-25)12-14-24/h3-10,18-19,23,25H,11-16H2,1-2H3. The zero-order valence-corrected chi connectivity index (χ0v) is 15.4. The van der Waals surface area contributed by atoms with Crippen LogP contribution >= 0.6 is 0 Å². The second kappa shape index (κ2) is 8.50. The quantitative estimate of drug-likeness (QED) is 0.821. The van der Waals surface area contributed by atoms with Gasteiger partial charge < -0.3 is 10.4 Å². The Balaban J connectivity index is 1.65. The van der Waals surface area contributed by atoms with Crippen LogP contribution in [-0.4, -0.2) is 29.7 Å². The molecule has 3 nitrogen and oxygen atoms in total. The number of hydrogen-bond donors (Lipinski definition) is 2. The summed E-state index contributed by atoms with van der Waals surface area (Å²) in [5.41, 5.74) is 5.18. The molecule has 1 saturated heterocycles. The van der Waals surface area contributed by atoms with Crippen molar-refractivity contribution in [2.45, 2.75) is 39.3 Å². The lowest BCUT2D eigenvalue weighted by Gasteiger charge is -2.31. The first-order valence-electron chi connectivity index (χ1n) is 9.40. The maximum atomic E-state index is 9.31. The first-order valence-corrected chi connectivity index (χ1v) is 9.40. The number of piperidine rings is 1. The number of aliphatic hydroxyl groups is 1. The van der Waals surface area contributed by atoms with Crippen LogP contribution in [-0.2, 0) is 6.54 Å². The summed E-state index contributed by atoms with van der Waals surface area (Å²) in [6.07, 6.45) is 2.21. The molecule has 1 aliphatic rings. The fraction of sp³-hybridized carbons (Fsp3) is 0.455. The molecular formula is C22H30N2O. The number of rotatable bonds is 6. The lowest BCUT2D eigenvalue weighted by molar-refractivity contribution is 0.127. The first-order chi connectivity index (χ1) is 12.2. The molecule has 25 heavy (non-hydrogen) atoms. The van der Waals surface area contributed by atoms with Gasteiger partial charge in [0.25, 0.3) is 0 Å². The monoisotopic (exact) mass is 338 g/mol. The Bertz CT molecular complexity index is 660. The number of nitrogens with one attached hydrogen (secondary N) is 1. The summed E-state index contributed by atoms with van der Waals surface area (Å²) in [4.78, 5) is 2.50. The van der Waals surface area contributed by atoms with Crippen molar-refractivity contribution in [1.82, 2.24) is 4.90 Å². The van der Waals surface area contributed by atoms with Gasteiger partial charge in [-0.25, -0.2) is 0 Å². The van der Waals surface area contributed by atoms with Crippen LogP contribution < -0.4 is 5.32 Å². The predicted octanol–water partition coefficient (Wildman–Crippen LogP) is 4.37. The molecule has 2 N–H and O–H groups in total. The van der Waals surface area contributed by atoms with Gasteiger partial charge in [0.05, 0.1) is 0 Å². The van der Waals surface area contributed by atoms with E-state index in [1.54, 1.807) is 0 Å². The van der Waals surface area contributed by atoms with Crippen molar-refractivity contribution < 1.29 is 5.11 Å². The van der Waals surface area contributed by atoms with E-state index in [2.05, 4.69) is 72.6 Å². The smallest absolute Gasteiger partial charge is 0.0485 e. The van der Waals surface area contributed by atoms with Gasteiger partial charge in [-0.1, -0.05) is 48.0 Å². The van der Waals surface area contributed by atoms with Crippen LogP contribution in [0.15, 0.2) is 48.5 Å². The molecule has 0 aliphatic carbocycles. The van der Waals surface area contributed by atoms with Crippen LogP contribution in [0, 0.1) is 12.8 Å². The Kier molecular flexibility index (Phi) is 6.11. The van der Waals surface area contributed by atoms with Crippen LogP contribution in [0.1, 0.15) is 42.5 Å². The lowest BCUT2D eigenvalue weighted by atomic mass is 9.97. The maximum absolute atomic E-state index is 9.31. The second-order valence-electron chi connectivity index (χ2n) is 7.34. The van der Waals surface area contributed by atoms with Crippen LogP contribution in [0.5, 0.6) is 0 Å². The van der Waals surface area contributed by atoms with E-state index in [-0.39, 0.29) is 6.04 Å². The summed E-state index contributed by atoms with van der Waals surface area (Å²) in [5.74, 6) is 0.492. The highest BCUT2D eigenvalue weighted by molar-refractivity contribution is 5.52. The number of anilines is 1. The summed E-state index contributed by atoms with van der Waals surface area (Å²) in [6.45, 7) is 7.80. The van der Waals surface area contributed by atoms with Gasteiger partial charge in [0.1, 0.15) is 0 Å². The van der Waals surface area contributed by atoms with Crippen molar-refractivity contribution in [3.05, 3.63) is 65.2 Å². The van der Waals surface area contributed by atoms with Crippen LogP contribution in [0.25, 0.3) is 0 Å². The largest absolute Gasteiger partial charge is 0.396 e. The molecule has 2 aromatic rings. The zero-order chi connectivity index (χ0) is 17.6. The van der Waals surface area contributed by atoms with Gasteiger partial charge in [-0.05, 0) is 62.9 Å². The normalized spacial score (nSPS) is 17.4. The number of nitrogens with zero attached hydrogens (tertiary/aromatic N) is 1. The molecule has 1 heterocycles. The molecule has 1 unspecified atom stereocenters. The summed E-state index contributed by atoms with van der Waals surface area (Å²) in [7, 11) is 0. The van der Waals surface area contributed by atoms with Gasteiger partial charge in [-0.3, -0.25) is 4.90 Å². The Hall–Kier alpha value is -1.84. The second-order valence-corrected chi connectivity index (χ2v) is 7.34. The molecule has 0 spiro atoms. The zero-order valence-electron chi connectivity index (χ0n) is 15.4. The van der Waals surface area contributed by atoms with Gasteiger partial charge in [-0.15, -0.1) is 0 Å². The Morgan fingerprint density at radius 2 is 1.76 bits per heavy atom. The van der Waals surface area contributed by atoms with E-state index in [9.17, 15) is 5.11 Å².